The van der Waals surface area contributed by atoms with Gasteiger partial charge >= 0.3 is 0 Å². The van der Waals surface area contributed by atoms with Crippen molar-refractivity contribution in [1.29, 1.82) is 0 Å². The lowest BCUT2D eigenvalue weighted by Crippen LogP contribution is -2.38. The number of likely N-dealkylation sites (tertiary alicyclic amines) is 1. The molecule has 1 aromatic rings. The van der Waals surface area contributed by atoms with Gasteiger partial charge in [0, 0.05) is 6.20 Å². The molecular weight excluding hydrogens is 282 g/mol. The van der Waals surface area contributed by atoms with Gasteiger partial charge in [-0.15, -0.1) is 0 Å². The molecule has 2 heterocycles. The molecule has 22 heavy (non-hydrogen) atoms. The quantitative estimate of drug-likeness (QED) is 0.858. The molecule has 1 aliphatic carbocycles. The predicted molar refractivity (Wildman–Crippen MR) is 79.8 cm³/mol. The third-order valence-corrected chi connectivity index (χ3v) is 4.42. The highest BCUT2D eigenvalue weighted by molar-refractivity contribution is 6.08. The van der Waals surface area contributed by atoms with Crippen LogP contribution in [0, 0.1) is 18.8 Å². The fourth-order valence-corrected chi connectivity index (χ4v) is 3.32. The maximum Gasteiger partial charge on any atom is 0.245 e. The summed E-state index contributed by atoms with van der Waals surface area (Å²) in [6.07, 6.45) is 5.08. The van der Waals surface area contributed by atoms with Crippen molar-refractivity contribution in [2.75, 3.05) is 11.9 Å². The van der Waals surface area contributed by atoms with Gasteiger partial charge in [0.05, 0.1) is 11.8 Å². The zero-order valence-corrected chi connectivity index (χ0v) is 12.5. The first-order valence-corrected chi connectivity index (χ1v) is 7.64. The molecular formula is C16H19N3O3. The molecule has 3 amide bonds. The topological polar surface area (TPSA) is 79.4 Å². The van der Waals surface area contributed by atoms with Gasteiger partial charge in [0.2, 0.25) is 17.7 Å². The van der Waals surface area contributed by atoms with Crippen molar-refractivity contribution in [3.63, 3.8) is 0 Å². The van der Waals surface area contributed by atoms with Gasteiger partial charge in [0.25, 0.3) is 0 Å². The third kappa shape index (κ3) is 2.73. The van der Waals surface area contributed by atoms with Crippen molar-refractivity contribution in [2.45, 2.75) is 32.6 Å². The van der Waals surface area contributed by atoms with Gasteiger partial charge in [-0.05, 0) is 37.5 Å². The minimum Gasteiger partial charge on any atom is -0.309 e. The van der Waals surface area contributed by atoms with Crippen LogP contribution in [0.1, 0.15) is 31.2 Å². The predicted octanol–water partition coefficient (Wildman–Crippen LogP) is 1.50. The van der Waals surface area contributed by atoms with Crippen molar-refractivity contribution in [3.05, 3.63) is 23.9 Å². The number of carbonyl (C=O) groups excluding carboxylic acids is 3. The van der Waals surface area contributed by atoms with E-state index in [0.29, 0.717) is 5.82 Å². The first-order chi connectivity index (χ1) is 10.6. The van der Waals surface area contributed by atoms with Crippen LogP contribution < -0.4 is 5.32 Å². The number of carbonyl (C=O) groups is 3. The van der Waals surface area contributed by atoms with E-state index in [1.807, 2.05) is 13.0 Å². The molecule has 0 radical (unpaired) electrons. The molecule has 0 spiro atoms. The van der Waals surface area contributed by atoms with Crippen LogP contribution in [0.25, 0.3) is 0 Å². The van der Waals surface area contributed by atoms with Crippen LogP contribution in [0.2, 0.25) is 0 Å². The summed E-state index contributed by atoms with van der Waals surface area (Å²) in [6.45, 7) is 1.68. The molecule has 0 unspecified atom stereocenters. The minimum atomic E-state index is -0.390. The second kappa shape index (κ2) is 5.87. The molecule has 116 valence electrons. The molecule has 2 atom stereocenters. The summed E-state index contributed by atoms with van der Waals surface area (Å²) >= 11 is 0. The smallest absolute Gasteiger partial charge is 0.245 e. The largest absolute Gasteiger partial charge is 0.309 e. The Balaban J connectivity index is 1.66. The van der Waals surface area contributed by atoms with Crippen molar-refractivity contribution >= 4 is 23.5 Å². The second-order valence-corrected chi connectivity index (χ2v) is 6.03. The van der Waals surface area contributed by atoms with Crippen molar-refractivity contribution in [1.82, 2.24) is 9.88 Å². The zero-order valence-electron chi connectivity index (χ0n) is 12.5. The van der Waals surface area contributed by atoms with Gasteiger partial charge in [-0.3, -0.25) is 19.3 Å². The average molecular weight is 301 g/mol. The number of fused-ring (bicyclic) bond motifs is 1. The number of aryl methyl sites for hydroxylation is 1. The normalized spacial score (nSPS) is 24.3. The Kier molecular flexibility index (Phi) is 3.92. The summed E-state index contributed by atoms with van der Waals surface area (Å²) < 4.78 is 0. The Bertz CT molecular complexity index is 605. The SMILES string of the molecule is Cc1ccnc(NC(=O)CN2C(=O)[C@@H]3CCCC[C@H]3C2=O)c1. The van der Waals surface area contributed by atoms with Crippen LogP contribution >= 0.6 is 0 Å². The molecule has 1 saturated heterocycles. The van der Waals surface area contributed by atoms with Gasteiger partial charge in [-0.1, -0.05) is 12.8 Å². The van der Waals surface area contributed by atoms with E-state index in [2.05, 4.69) is 10.3 Å². The fraction of sp³-hybridized carbons (Fsp3) is 0.500. The lowest BCUT2D eigenvalue weighted by atomic mass is 9.81. The van der Waals surface area contributed by atoms with Crippen LogP contribution in [0.4, 0.5) is 5.82 Å². The van der Waals surface area contributed by atoms with Crippen molar-refractivity contribution in [2.24, 2.45) is 11.8 Å². The average Bonchev–Trinajstić information content (AvgIpc) is 2.73. The number of nitrogens with one attached hydrogen (secondary N) is 1. The first kappa shape index (κ1) is 14.7. The Morgan fingerprint density at radius 2 is 1.91 bits per heavy atom. The van der Waals surface area contributed by atoms with E-state index >= 15 is 0 Å². The zero-order chi connectivity index (χ0) is 15.7. The lowest BCUT2D eigenvalue weighted by molar-refractivity contribution is -0.142. The summed E-state index contributed by atoms with van der Waals surface area (Å²) in [6, 6.07) is 3.57. The number of amides is 3. The highest BCUT2D eigenvalue weighted by atomic mass is 16.2. The van der Waals surface area contributed by atoms with Crippen LogP contribution in [0.15, 0.2) is 18.3 Å². The van der Waals surface area contributed by atoms with Gasteiger partial charge in [0.15, 0.2) is 0 Å². The first-order valence-electron chi connectivity index (χ1n) is 7.64. The maximum absolute atomic E-state index is 12.3. The molecule has 1 saturated carbocycles. The van der Waals surface area contributed by atoms with E-state index in [-0.39, 0.29) is 30.2 Å². The Morgan fingerprint density at radius 3 is 2.50 bits per heavy atom. The number of imide groups is 1. The Hall–Kier alpha value is -2.24. The molecule has 6 nitrogen and oxygen atoms in total. The number of hydrogen-bond acceptors (Lipinski definition) is 4. The van der Waals surface area contributed by atoms with E-state index < -0.39 is 5.91 Å². The number of rotatable bonds is 3. The highest BCUT2D eigenvalue weighted by Crippen LogP contribution is 2.37. The molecule has 1 N–H and O–H groups in total. The Labute approximate surface area is 128 Å². The van der Waals surface area contributed by atoms with E-state index in [4.69, 9.17) is 0 Å². The standard InChI is InChI=1S/C16H19N3O3/c1-10-6-7-17-13(8-10)18-14(20)9-19-15(21)11-4-2-3-5-12(11)16(19)22/h6-8,11-12H,2-5,9H2,1H3,(H,17,18,20)/t11-,12-/m1/s1. The minimum absolute atomic E-state index is 0.193. The van der Waals surface area contributed by atoms with Crippen LogP contribution in [-0.4, -0.2) is 34.2 Å². The van der Waals surface area contributed by atoms with Crippen LogP contribution in [-0.2, 0) is 14.4 Å². The number of anilines is 1. The molecule has 6 heteroatoms. The van der Waals surface area contributed by atoms with Gasteiger partial charge in [0.1, 0.15) is 12.4 Å². The highest BCUT2D eigenvalue weighted by Gasteiger charge is 2.48. The number of nitrogens with zero attached hydrogens (tertiary/aromatic N) is 2. The van der Waals surface area contributed by atoms with Gasteiger partial charge < -0.3 is 5.32 Å². The van der Waals surface area contributed by atoms with Crippen LogP contribution in [0.5, 0.6) is 0 Å². The van der Waals surface area contributed by atoms with Gasteiger partial charge in [-0.25, -0.2) is 4.98 Å². The fourth-order valence-electron chi connectivity index (χ4n) is 3.32. The van der Waals surface area contributed by atoms with E-state index in [9.17, 15) is 14.4 Å². The maximum atomic E-state index is 12.3. The second-order valence-electron chi connectivity index (χ2n) is 6.03. The van der Waals surface area contributed by atoms with Crippen molar-refractivity contribution in [3.8, 4) is 0 Å². The summed E-state index contributed by atoms with van der Waals surface area (Å²) in [7, 11) is 0. The molecule has 0 aromatic carbocycles. The third-order valence-electron chi connectivity index (χ3n) is 4.42. The molecule has 3 rings (SSSR count). The molecule has 2 fully saturated rings. The summed E-state index contributed by atoms with van der Waals surface area (Å²) in [5, 5.41) is 2.64. The van der Waals surface area contributed by atoms with Crippen molar-refractivity contribution < 1.29 is 14.4 Å². The molecule has 2 aliphatic rings. The number of pyridine rings is 1. The lowest BCUT2D eigenvalue weighted by Gasteiger charge is -2.19. The van der Waals surface area contributed by atoms with E-state index in [0.717, 1.165) is 36.1 Å². The molecule has 1 aromatic heterocycles. The number of hydrogen-bond donors (Lipinski definition) is 1. The summed E-state index contributed by atoms with van der Waals surface area (Å²) in [5.74, 6) is -0.777. The summed E-state index contributed by atoms with van der Waals surface area (Å²) in [5.41, 5.74) is 0.977. The van der Waals surface area contributed by atoms with E-state index in [1.165, 1.54) is 0 Å². The monoisotopic (exact) mass is 301 g/mol. The Morgan fingerprint density at radius 1 is 1.27 bits per heavy atom. The molecule has 0 bridgehead atoms. The van der Waals surface area contributed by atoms with Crippen LogP contribution in [0.3, 0.4) is 0 Å². The number of aromatic nitrogens is 1. The summed E-state index contributed by atoms with van der Waals surface area (Å²) in [4.78, 5) is 41.8. The van der Waals surface area contributed by atoms with Gasteiger partial charge in [-0.2, -0.15) is 0 Å². The molecule has 1 aliphatic heterocycles. The van der Waals surface area contributed by atoms with E-state index in [1.54, 1.807) is 12.3 Å².